The predicted molar refractivity (Wildman–Crippen MR) is 141 cm³/mol. The number of alkyl halides is 3. The normalized spacial score (nSPS) is 25.2. The summed E-state index contributed by atoms with van der Waals surface area (Å²) in [4.78, 5) is 47.9. The van der Waals surface area contributed by atoms with Crippen LogP contribution in [0.1, 0.15) is 30.8 Å². The molecule has 0 saturated carbocycles. The number of rotatable bonds is 2. The Labute approximate surface area is 226 Å². The Hall–Kier alpha value is -4.31. The number of imide groups is 1. The van der Waals surface area contributed by atoms with E-state index in [-0.39, 0.29) is 17.2 Å². The van der Waals surface area contributed by atoms with Gasteiger partial charge in [-0.05, 0) is 42.3 Å². The van der Waals surface area contributed by atoms with E-state index in [0.29, 0.717) is 28.0 Å². The minimum atomic E-state index is -4.64. The van der Waals surface area contributed by atoms with Crippen LogP contribution < -0.4 is 15.8 Å². The van der Waals surface area contributed by atoms with Crippen LogP contribution >= 0.6 is 0 Å². The first kappa shape index (κ1) is 24.7. The van der Waals surface area contributed by atoms with Gasteiger partial charge in [0.1, 0.15) is 11.4 Å². The van der Waals surface area contributed by atoms with Crippen molar-refractivity contribution in [3.8, 4) is 5.69 Å². The van der Waals surface area contributed by atoms with E-state index >= 15 is 0 Å². The summed E-state index contributed by atoms with van der Waals surface area (Å²) in [6.45, 7) is 3.83. The van der Waals surface area contributed by atoms with E-state index in [1.54, 1.807) is 42.5 Å². The lowest BCUT2D eigenvalue weighted by Gasteiger charge is -2.32. The lowest BCUT2D eigenvalue weighted by atomic mass is 9.75. The van der Waals surface area contributed by atoms with Crippen LogP contribution in [0.15, 0.2) is 77.6 Å². The van der Waals surface area contributed by atoms with E-state index < -0.39 is 47.0 Å². The fraction of sp³-hybridized carbons (Fsp3) is 0.267. The van der Waals surface area contributed by atoms with Gasteiger partial charge in [-0.1, -0.05) is 50.2 Å². The van der Waals surface area contributed by atoms with Crippen molar-refractivity contribution in [1.82, 2.24) is 14.9 Å². The minimum absolute atomic E-state index is 0.126. The van der Waals surface area contributed by atoms with Gasteiger partial charge in [-0.15, -0.1) is 0 Å². The fourth-order valence-electron chi connectivity index (χ4n) is 6.80. The number of nitrogens with one attached hydrogen (secondary N) is 1. The fourth-order valence-corrected chi connectivity index (χ4v) is 6.80. The number of amides is 2. The van der Waals surface area contributed by atoms with Crippen molar-refractivity contribution in [2.45, 2.75) is 31.6 Å². The second kappa shape index (κ2) is 8.11. The number of hydrogen-bond donors (Lipinski definition) is 1. The molecule has 7 rings (SSSR count). The van der Waals surface area contributed by atoms with Crippen LogP contribution in [0.5, 0.6) is 0 Å². The average Bonchev–Trinajstić information content (AvgIpc) is 3.52. The van der Waals surface area contributed by atoms with Gasteiger partial charge < -0.3 is 0 Å². The number of carbonyl (C=O) groups excluding carboxylic acids is 2. The Balaban J connectivity index is 1.50. The summed E-state index contributed by atoms with van der Waals surface area (Å²) in [6, 6.07) is 17.8. The zero-order chi connectivity index (χ0) is 28.1. The number of fused-ring (bicyclic) bond motifs is 8. The molecule has 2 amide bonds. The van der Waals surface area contributed by atoms with Crippen molar-refractivity contribution < 1.29 is 22.8 Å². The SMILES string of the molecule is CC(C)C1NC2(c3ccccc3-n3c2nc2ccccc2c3=O)C2C(=O)N(c3cccc(C(F)(F)F)c3)C(=O)C12. The highest BCUT2D eigenvalue weighted by Crippen LogP contribution is 2.56. The number of halogens is 3. The number of hydrogen-bond acceptors (Lipinski definition) is 5. The first-order chi connectivity index (χ1) is 19.1. The maximum absolute atomic E-state index is 14.3. The average molecular weight is 545 g/mol. The van der Waals surface area contributed by atoms with E-state index in [2.05, 4.69) is 5.32 Å². The number of anilines is 1. The van der Waals surface area contributed by atoms with Gasteiger partial charge in [-0.2, -0.15) is 13.2 Å². The molecule has 3 aliphatic heterocycles. The zero-order valence-electron chi connectivity index (χ0n) is 21.4. The number of para-hydroxylation sites is 2. The molecule has 1 spiro atoms. The Kier molecular flexibility index (Phi) is 5.01. The maximum atomic E-state index is 14.3. The second-order valence-electron chi connectivity index (χ2n) is 10.9. The summed E-state index contributed by atoms with van der Waals surface area (Å²) in [5.74, 6) is -2.96. The second-order valence-corrected chi connectivity index (χ2v) is 10.9. The third-order valence-corrected chi connectivity index (χ3v) is 8.45. The first-order valence-corrected chi connectivity index (χ1v) is 13.0. The van der Waals surface area contributed by atoms with Gasteiger partial charge in [0.15, 0.2) is 0 Å². The molecule has 1 aromatic heterocycles. The molecule has 2 saturated heterocycles. The molecule has 4 atom stereocenters. The Morgan fingerprint density at radius 1 is 0.925 bits per heavy atom. The molecule has 4 unspecified atom stereocenters. The summed E-state index contributed by atoms with van der Waals surface area (Å²) in [5, 5.41) is 3.98. The highest BCUT2D eigenvalue weighted by Gasteiger charge is 2.70. The van der Waals surface area contributed by atoms with E-state index in [1.165, 1.54) is 16.7 Å². The molecule has 0 radical (unpaired) electrons. The highest BCUT2D eigenvalue weighted by molar-refractivity contribution is 6.23. The predicted octanol–water partition coefficient (Wildman–Crippen LogP) is 4.40. The third-order valence-electron chi connectivity index (χ3n) is 8.45. The summed E-state index contributed by atoms with van der Waals surface area (Å²) in [6.07, 6.45) is -4.64. The molecule has 3 aromatic carbocycles. The zero-order valence-corrected chi connectivity index (χ0v) is 21.4. The summed E-state index contributed by atoms with van der Waals surface area (Å²) >= 11 is 0. The molecule has 4 heterocycles. The van der Waals surface area contributed by atoms with Gasteiger partial charge in [-0.25, -0.2) is 9.88 Å². The monoisotopic (exact) mass is 544 g/mol. The van der Waals surface area contributed by atoms with Crippen LogP contribution in [-0.2, 0) is 21.3 Å². The van der Waals surface area contributed by atoms with Crippen LogP contribution in [0.2, 0.25) is 0 Å². The Morgan fingerprint density at radius 2 is 1.65 bits per heavy atom. The molecule has 10 heteroatoms. The molecule has 7 nitrogen and oxygen atoms in total. The Bertz CT molecular complexity index is 1810. The van der Waals surface area contributed by atoms with Gasteiger partial charge in [-0.3, -0.25) is 24.3 Å². The van der Waals surface area contributed by atoms with Crippen LogP contribution in [0, 0.1) is 17.8 Å². The largest absolute Gasteiger partial charge is 0.416 e. The van der Waals surface area contributed by atoms with Crippen molar-refractivity contribution >= 4 is 28.4 Å². The van der Waals surface area contributed by atoms with Crippen molar-refractivity contribution in [3.05, 3.63) is 100 Å². The first-order valence-electron chi connectivity index (χ1n) is 13.0. The summed E-state index contributed by atoms with van der Waals surface area (Å²) in [5.41, 5.74) is -1.11. The molecule has 4 aromatic rings. The lowest BCUT2D eigenvalue weighted by Crippen LogP contribution is -2.51. The molecule has 0 bridgehead atoms. The van der Waals surface area contributed by atoms with Crippen LogP contribution in [-0.4, -0.2) is 27.4 Å². The molecular weight excluding hydrogens is 521 g/mol. The quantitative estimate of drug-likeness (QED) is 0.379. The van der Waals surface area contributed by atoms with Crippen LogP contribution in [0.25, 0.3) is 16.6 Å². The third kappa shape index (κ3) is 3.05. The molecule has 202 valence electrons. The van der Waals surface area contributed by atoms with Crippen LogP contribution in [0.3, 0.4) is 0 Å². The summed E-state index contributed by atoms with van der Waals surface area (Å²) in [7, 11) is 0. The molecule has 0 aliphatic carbocycles. The van der Waals surface area contributed by atoms with Crippen molar-refractivity contribution in [1.29, 1.82) is 0 Å². The van der Waals surface area contributed by atoms with Crippen molar-refractivity contribution in [3.63, 3.8) is 0 Å². The van der Waals surface area contributed by atoms with Gasteiger partial charge in [0, 0.05) is 11.6 Å². The van der Waals surface area contributed by atoms with Gasteiger partial charge in [0.2, 0.25) is 11.8 Å². The molecule has 3 aliphatic rings. The van der Waals surface area contributed by atoms with Gasteiger partial charge in [0.05, 0.1) is 39.7 Å². The van der Waals surface area contributed by atoms with Crippen molar-refractivity contribution in [2.24, 2.45) is 17.8 Å². The van der Waals surface area contributed by atoms with Gasteiger partial charge in [0.25, 0.3) is 5.56 Å². The molecule has 2 fully saturated rings. The Morgan fingerprint density at radius 3 is 2.40 bits per heavy atom. The lowest BCUT2D eigenvalue weighted by molar-refractivity contribution is -0.137. The van der Waals surface area contributed by atoms with E-state index in [1.807, 2.05) is 19.9 Å². The topological polar surface area (TPSA) is 84.3 Å². The van der Waals surface area contributed by atoms with E-state index in [0.717, 1.165) is 17.0 Å². The molecule has 40 heavy (non-hydrogen) atoms. The smallest absolute Gasteiger partial charge is 0.296 e. The standard InChI is InChI=1S/C30H23F3N4O3/c1-15(2)24-22-23(27(40)36(26(22)39)17-9-7-8-16(14-17)30(31,32)33)29(35-24)19-11-4-6-13-21(19)37-25(38)18-10-3-5-12-20(18)34-28(29)37/h3-15,22-24,35H,1-2H3. The van der Waals surface area contributed by atoms with Crippen molar-refractivity contribution in [2.75, 3.05) is 4.90 Å². The number of nitrogens with zero attached hydrogens (tertiary/aromatic N) is 3. The van der Waals surface area contributed by atoms with E-state index in [4.69, 9.17) is 4.98 Å². The van der Waals surface area contributed by atoms with Crippen LogP contribution in [0.4, 0.5) is 18.9 Å². The molecule has 1 N–H and O–H groups in total. The number of aromatic nitrogens is 2. The number of benzene rings is 3. The van der Waals surface area contributed by atoms with E-state index in [9.17, 15) is 27.6 Å². The highest BCUT2D eigenvalue weighted by atomic mass is 19.4. The number of carbonyl (C=O) groups is 2. The van der Waals surface area contributed by atoms with Gasteiger partial charge >= 0.3 is 6.18 Å². The minimum Gasteiger partial charge on any atom is -0.296 e. The summed E-state index contributed by atoms with van der Waals surface area (Å²) < 4.78 is 42.1. The molecular formula is C30H23F3N4O3. The maximum Gasteiger partial charge on any atom is 0.416 e.